The van der Waals surface area contributed by atoms with Crippen LogP contribution in [0.25, 0.3) is 16.8 Å². The van der Waals surface area contributed by atoms with E-state index < -0.39 is 0 Å². The molecule has 2 nitrogen and oxygen atoms in total. The first-order valence-corrected chi connectivity index (χ1v) is 6.88. The van der Waals surface area contributed by atoms with Crippen molar-refractivity contribution in [1.29, 1.82) is 0 Å². The minimum Gasteiger partial charge on any atom is -0.288 e. The second-order valence-corrected chi connectivity index (χ2v) is 5.25. The molecule has 0 N–H and O–H groups in total. The summed E-state index contributed by atoms with van der Waals surface area (Å²) in [6.45, 7) is 1.60. The summed E-state index contributed by atoms with van der Waals surface area (Å²) in [6, 6.07) is 8.23. The van der Waals surface area contributed by atoms with Crippen molar-refractivity contribution in [1.82, 2.24) is 4.98 Å². The maximum atomic E-state index is 10.8. The molecular formula is C15H15NOS. The number of carbonyl (C=O) groups excluding carboxylic acids is 1. The Balaban J connectivity index is 2.07. The Labute approximate surface area is 111 Å². The zero-order chi connectivity index (χ0) is 12.8. The third kappa shape index (κ3) is 3.44. The average Bonchev–Trinajstić information content (AvgIpc) is 2.38. The Morgan fingerprint density at radius 3 is 3.11 bits per heavy atom. The predicted octanol–water partition coefficient (Wildman–Crippen LogP) is 3.92. The minimum absolute atomic E-state index is 0.178. The zero-order valence-corrected chi connectivity index (χ0v) is 11.1. The van der Waals surface area contributed by atoms with Gasteiger partial charge in [0.15, 0.2) is 5.12 Å². The van der Waals surface area contributed by atoms with Crippen LogP contribution in [-0.4, -0.2) is 15.9 Å². The van der Waals surface area contributed by atoms with Gasteiger partial charge >= 0.3 is 0 Å². The summed E-state index contributed by atoms with van der Waals surface area (Å²) in [7, 11) is 0. The van der Waals surface area contributed by atoms with Crippen molar-refractivity contribution in [2.75, 3.05) is 5.75 Å². The number of hydrogen-bond acceptors (Lipinski definition) is 3. The van der Waals surface area contributed by atoms with Crippen molar-refractivity contribution >= 4 is 33.7 Å². The Morgan fingerprint density at radius 2 is 2.28 bits per heavy atom. The molecule has 92 valence electrons. The van der Waals surface area contributed by atoms with E-state index in [1.807, 2.05) is 18.3 Å². The fourth-order valence-corrected chi connectivity index (χ4v) is 2.30. The molecular weight excluding hydrogens is 242 g/mol. The van der Waals surface area contributed by atoms with Gasteiger partial charge in [-0.15, -0.1) is 0 Å². The first kappa shape index (κ1) is 12.8. The molecule has 1 heterocycles. The largest absolute Gasteiger partial charge is 0.288 e. The number of thioether (sulfide) groups is 1. The monoisotopic (exact) mass is 257 g/mol. The van der Waals surface area contributed by atoms with E-state index in [0.29, 0.717) is 0 Å². The molecule has 0 saturated heterocycles. The van der Waals surface area contributed by atoms with Crippen LogP contribution >= 0.6 is 11.8 Å². The van der Waals surface area contributed by atoms with Gasteiger partial charge < -0.3 is 0 Å². The van der Waals surface area contributed by atoms with Gasteiger partial charge in [0.2, 0.25) is 0 Å². The highest BCUT2D eigenvalue weighted by molar-refractivity contribution is 8.13. The summed E-state index contributed by atoms with van der Waals surface area (Å²) in [5.74, 6) is 0.842. The Morgan fingerprint density at radius 1 is 1.39 bits per heavy atom. The van der Waals surface area contributed by atoms with Gasteiger partial charge in [-0.05, 0) is 23.4 Å². The van der Waals surface area contributed by atoms with Crippen LogP contribution in [0, 0.1) is 0 Å². The maximum Gasteiger partial charge on any atom is 0.185 e. The Bertz CT molecular complexity index is 572. The molecule has 0 radical (unpaired) electrons. The van der Waals surface area contributed by atoms with Gasteiger partial charge in [-0.3, -0.25) is 9.78 Å². The quantitative estimate of drug-likeness (QED) is 0.778. The number of fused-ring (bicyclic) bond motifs is 1. The number of benzene rings is 1. The van der Waals surface area contributed by atoms with Crippen LogP contribution < -0.4 is 0 Å². The summed E-state index contributed by atoms with van der Waals surface area (Å²) < 4.78 is 0. The van der Waals surface area contributed by atoms with Crippen molar-refractivity contribution in [2.45, 2.75) is 13.3 Å². The predicted molar refractivity (Wildman–Crippen MR) is 78.5 cm³/mol. The van der Waals surface area contributed by atoms with Crippen LogP contribution in [0.2, 0.25) is 0 Å². The van der Waals surface area contributed by atoms with Gasteiger partial charge in [-0.2, -0.15) is 0 Å². The zero-order valence-electron chi connectivity index (χ0n) is 10.3. The van der Waals surface area contributed by atoms with E-state index in [9.17, 15) is 4.79 Å². The fourth-order valence-electron chi connectivity index (χ4n) is 1.76. The molecule has 1 aromatic carbocycles. The maximum absolute atomic E-state index is 10.8. The van der Waals surface area contributed by atoms with E-state index in [2.05, 4.69) is 29.3 Å². The van der Waals surface area contributed by atoms with E-state index in [1.54, 1.807) is 13.1 Å². The molecule has 0 fully saturated rings. The summed E-state index contributed by atoms with van der Waals surface area (Å²) >= 11 is 1.37. The van der Waals surface area contributed by atoms with Crippen molar-refractivity contribution in [3.8, 4) is 0 Å². The summed E-state index contributed by atoms with van der Waals surface area (Å²) in [6.07, 6.45) is 8.81. The number of carbonyl (C=O) groups is 1. The molecule has 0 aliphatic heterocycles. The van der Waals surface area contributed by atoms with Crippen LogP contribution in [0.4, 0.5) is 0 Å². The van der Waals surface area contributed by atoms with Gasteiger partial charge in [-0.25, -0.2) is 0 Å². The van der Waals surface area contributed by atoms with Crippen molar-refractivity contribution < 1.29 is 4.79 Å². The van der Waals surface area contributed by atoms with E-state index in [-0.39, 0.29) is 5.12 Å². The average molecular weight is 257 g/mol. The summed E-state index contributed by atoms with van der Waals surface area (Å²) in [4.78, 5) is 14.9. The normalized spacial score (nSPS) is 11.2. The molecule has 0 aliphatic rings. The molecule has 0 bridgehead atoms. The van der Waals surface area contributed by atoms with Gasteiger partial charge in [0.1, 0.15) is 0 Å². The van der Waals surface area contributed by atoms with E-state index in [0.717, 1.165) is 17.6 Å². The Hall–Kier alpha value is -1.61. The third-order valence-electron chi connectivity index (χ3n) is 2.60. The standard InChI is InChI=1S/C15H15NOS/c1-12(17)18-10-3-2-5-13-6-4-7-14-8-9-16-11-15(13)14/h2,4-9,11H,3,10H2,1H3. The van der Waals surface area contributed by atoms with Crippen LogP contribution in [0.1, 0.15) is 18.9 Å². The lowest BCUT2D eigenvalue weighted by molar-refractivity contribution is -0.109. The topological polar surface area (TPSA) is 30.0 Å². The summed E-state index contributed by atoms with van der Waals surface area (Å²) in [5, 5.41) is 2.54. The number of pyridine rings is 1. The number of hydrogen-bond donors (Lipinski definition) is 0. The molecule has 0 unspecified atom stereocenters. The molecule has 1 aromatic heterocycles. The van der Waals surface area contributed by atoms with E-state index in [4.69, 9.17) is 0 Å². The van der Waals surface area contributed by atoms with Crippen molar-refractivity contribution in [3.05, 3.63) is 48.3 Å². The number of rotatable bonds is 4. The van der Waals surface area contributed by atoms with Gasteiger partial charge in [0, 0.05) is 30.5 Å². The molecule has 0 amide bonds. The number of nitrogens with zero attached hydrogens (tertiary/aromatic N) is 1. The van der Waals surface area contributed by atoms with E-state index >= 15 is 0 Å². The second-order valence-electron chi connectivity index (χ2n) is 3.98. The molecule has 18 heavy (non-hydrogen) atoms. The van der Waals surface area contributed by atoms with Crippen molar-refractivity contribution in [2.24, 2.45) is 0 Å². The first-order chi connectivity index (χ1) is 8.77. The van der Waals surface area contributed by atoms with Gasteiger partial charge in [0.05, 0.1) is 0 Å². The summed E-state index contributed by atoms with van der Waals surface area (Å²) in [5.41, 5.74) is 1.17. The lowest BCUT2D eigenvalue weighted by Gasteiger charge is -2.00. The molecule has 0 spiro atoms. The minimum atomic E-state index is 0.178. The van der Waals surface area contributed by atoms with Crippen LogP contribution in [-0.2, 0) is 4.79 Å². The highest BCUT2D eigenvalue weighted by Crippen LogP contribution is 2.18. The highest BCUT2D eigenvalue weighted by atomic mass is 32.2. The molecule has 2 rings (SSSR count). The highest BCUT2D eigenvalue weighted by Gasteiger charge is 1.97. The van der Waals surface area contributed by atoms with Gasteiger partial charge in [0.25, 0.3) is 0 Å². The molecule has 2 aromatic rings. The molecule has 0 saturated carbocycles. The lowest BCUT2D eigenvalue weighted by Crippen LogP contribution is -1.84. The van der Waals surface area contributed by atoms with Crippen LogP contribution in [0.3, 0.4) is 0 Å². The SMILES string of the molecule is CC(=O)SCCC=Cc1cccc2ccncc12. The first-order valence-electron chi connectivity index (χ1n) is 5.90. The van der Waals surface area contributed by atoms with Crippen LogP contribution in [0.5, 0.6) is 0 Å². The van der Waals surface area contributed by atoms with E-state index in [1.165, 1.54) is 22.7 Å². The Kier molecular flexibility index (Phi) is 4.53. The van der Waals surface area contributed by atoms with Crippen LogP contribution in [0.15, 0.2) is 42.7 Å². The lowest BCUT2D eigenvalue weighted by atomic mass is 10.1. The molecule has 3 heteroatoms. The fraction of sp³-hybridized carbons (Fsp3) is 0.200. The smallest absolute Gasteiger partial charge is 0.185 e. The molecule has 0 atom stereocenters. The number of aromatic nitrogens is 1. The molecule has 0 aliphatic carbocycles. The third-order valence-corrected chi connectivity index (χ3v) is 3.45. The number of allylic oxidation sites excluding steroid dienone is 1. The van der Waals surface area contributed by atoms with Crippen molar-refractivity contribution in [3.63, 3.8) is 0 Å². The second kappa shape index (κ2) is 6.36. The van der Waals surface area contributed by atoms with Gasteiger partial charge in [-0.1, -0.05) is 42.1 Å².